The maximum Gasteiger partial charge on any atom is 0.342 e. The maximum atomic E-state index is 12.9. The van der Waals surface area contributed by atoms with Crippen molar-refractivity contribution in [3.05, 3.63) is 44.3 Å². The Morgan fingerprint density at radius 1 is 0.900 bits per heavy atom. The van der Waals surface area contributed by atoms with Gasteiger partial charge in [0.1, 0.15) is 12.4 Å². The third-order valence-electron chi connectivity index (χ3n) is 6.09. The summed E-state index contributed by atoms with van der Waals surface area (Å²) in [5, 5.41) is 45.5. The number of rotatable bonds is 14. The number of nitrogens with zero attached hydrogens (tertiary/aromatic N) is 6. The van der Waals surface area contributed by atoms with Crippen LogP contribution in [0.5, 0.6) is 0 Å². The summed E-state index contributed by atoms with van der Waals surface area (Å²) in [4.78, 5) is 77.1. The van der Waals surface area contributed by atoms with Gasteiger partial charge in [0.15, 0.2) is 16.8 Å². The van der Waals surface area contributed by atoms with Gasteiger partial charge in [-0.2, -0.15) is 0 Å². The van der Waals surface area contributed by atoms with Gasteiger partial charge < -0.3 is 41.1 Å². The summed E-state index contributed by atoms with van der Waals surface area (Å²) < 4.78 is 2.35. The lowest BCUT2D eigenvalue weighted by Gasteiger charge is -2.28. The van der Waals surface area contributed by atoms with Crippen molar-refractivity contribution >= 4 is 52.7 Å². The molecule has 0 aliphatic rings. The molecule has 0 saturated carbocycles. The lowest BCUT2D eigenvalue weighted by molar-refractivity contribution is -0.392. The third kappa shape index (κ3) is 8.09. The van der Waals surface area contributed by atoms with E-state index in [4.69, 9.17) is 17.3 Å². The zero-order chi connectivity index (χ0) is 30.2. The van der Waals surface area contributed by atoms with Crippen LogP contribution in [-0.2, 0) is 32.3 Å². The first-order chi connectivity index (χ1) is 18.7. The van der Waals surface area contributed by atoms with Crippen molar-refractivity contribution in [1.82, 2.24) is 29.7 Å². The second-order valence-corrected chi connectivity index (χ2v) is 9.13. The molecular formula is C21H26N8O10S. The van der Waals surface area contributed by atoms with Crippen molar-refractivity contribution < 1.29 is 39.2 Å². The molecule has 0 aliphatic heterocycles. The molecule has 0 aliphatic carbocycles. The van der Waals surface area contributed by atoms with Crippen molar-refractivity contribution in [3.63, 3.8) is 0 Å². The minimum Gasteiger partial charge on any atom is -0.481 e. The number of aryl methyl sites for hydroxylation is 2. The zero-order valence-electron chi connectivity index (χ0n) is 21.4. The van der Waals surface area contributed by atoms with Crippen LogP contribution in [0.15, 0.2) is 12.4 Å². The third-order valence-corrected chi connectivity index (χ3v) is 6.30. The van der Waals surface area contributed by atoms with E-state index in [1.807, 2.05) is 0 Å². The SMILES string of the molecule is Cc1ncc([N+](=O)[O-])n1CCC(CCn1c([N+](=O)[O-])cnc1C)(CC(=O)NC(=S)NC(=O)CCC(=O)O)C(=O)O. The standard InChI is InChI=1S/C21H26N8O10S/c1-12-22-10-16(28(36)37)26(12)7-5-21(19(34)35,6-8-27-13(2)23-11-17(27)29(38)39)9-15(31)25-20(40)24-14(30)3-4-18(32)33/h10-11H,3-9H2,1-2H3,(H,32,33)(H,34,35)(H2,24,25,30,31,40). The highest BCUT2D eigenvalue weighted by atomic mass is 32.1. The van der Waals surface area contributed by atoms with E-state index in [1.54, 1.807) is 0 Å². The fourth-order valence-electron chi connectivity index (χ4n) is 3.92. The Hall–Kier alpha value is -4.81. The van der Waals surface area contributed by atoms with Crippen molar-refractivity contribution in [2.24, 2.45) is 5.41 Å². The van der Waals surface area contributed by atoms with Crippen LogP contribution in [0.4, 0.5) is 11.6 Å². The Labute approximate surface area is 230 Å². The highest BCUT2D eigenvalue weighted by Gasteiger charge is 2.42. The number of carbonyl (C=O) groups is 4. The smallest absolute Gasteiger partial charge is 0.342 e. The molecule has 2 aromatic heterocycles. The number of carbonyl (C=O) groups excluding carboxylic acids is 2. The van der Waals surface area contributed by atoms with E-state index in [-0.39, 0.29) is 37.6 Å². The van der Waals surface area contributed by atoms with Gasteiger partial charge in [0.05, 0.1) is 24.9 Å². The molecule has 0 unspecified atom stereocenters. The lowest BCUT2D eigenvalue weighted by atomic mass is 9.77. The lowest BCUT2D eigenvalue weighted by Crippen LogP contribution is -2.45. The van der Waals surface area contributed by atoms with Crippen LogP contribution >= 0.6 is 12.2 Å². The van der Waals surface area contributed by atoms with E-state index in [0.717, 1.165) is 12.4 Å². The van der Waals surface area contributed by atoms with E-state index in [0.29, 0.717) is 0 Å². The minimum absolute atomic E-state index is 0.224. The number of amides is 2. The van der Waals surface area contributed by atoms with Crippen LogP contribution in [0.1, 0.15) is 43.8 Å². The molecule has 0 fully saturated rings. The van der Waals surface area contributed by atoms with Crippen molar-refractivity contribution in [2.45, 2.75) is 59.0 Å². The van der Waals surface area contributed by atoms with Gasteiger partial charge in [-0.1, -0.05) is 0 Å². The van der Waals surface area contributed by atoms with E-state index < -0.39 is 75.0 Å². The average molecular weight is 583 g/mol. The Bertz CT molecular complexity index is 1290. The Kier molecular flexibility index (Phi) is 10.5. The van der Waals surface area contributed by atoms with Gasteiger partial charge in [0, 0.05) is 39.5 Å². The number of imidazole rings is 2. The Balaban J connectivity index is 2.32. The molecule has 0 aromatic carbocycles. The molecule has 19 heteroatoms. The molecule has 2 amide bonds. The minimum atomic E-state index is -1.91. The van der Waals surface area contributed by atoms with Gasteiger partial charge in [0.25, 0.3) is 0 Å². The maximum absolute atomic E-state index is 12.9. The molecule has 0 saturated heterocycles. The molecule has 0 atom stereocenters. The highest BCUT2D eigenvalue weighted by Crippen LogP contribution is 2.35. The van der Waals surface area contributed by atoms with Crippen LogP contribution in [0.25, 0.3) is 0 Å². The first-order valence-corrected chi connectivity index (χ1v) is 12.0. The molecule has 0 bridgehead atoms. The average Bonchev–Trinajstić information content (AvgIpc) is 3.41. The number of hydrogen-bond acceptors (Lipinski definition) is 11. The molecule has 216 valence electrons. The summed E-state index contributed by atoms with van der Waals surface area (Å²) >= 11 is 4.89. The highest BCUT2D eigenvalue weighted by molar-refractivity contribution is 7.80. The van der Waals surface area contributed by atoms with E-state index in [9.17, 15) is 44.5 Å². The number of aromatic nitrogens is 4. The van der Waals surface area contributed by atoms with Crippen LogP contribution in [0, 0.1) is 39.5 Å². The second kappa shape index (κ2) is 13.3. The summed E-state index contributed by atoms with van der Waals surface area (Å²) in [6, 6.07) is 0. The molecule has 2 heterocycles. The molecule has 40 heavy (non-hydrogen) atoms. The number of aliphatic carboxylic acids is 2. The topological polar surface area (TPSA) is 255 Å². The van der Waals surface area contributed by atoms with Gasteiger partial charge in [-0.25, -0.2) is 19.1 Å². The largest absolute Gasteiger partial charge is 0.481 e. The fourth-order valence-corrected chi connectivity index (χ4v) is 4.15. The number of carboxylic acid groups (broad SMARTS) is 2. The summed E-state index contributed by atoms with van der Waals surface area (Å²) in [5.41, 5.74) is -1.91. The van der Waals surface area contributed by atoms with Gasteiger partial charge >= 0.3 is 23.6 Å². The molecule has 4 N–H and O–H groups in total. The molecule has 0 spiro atoms. The molecule has 18 nitrogen and oxygen atoms in total. The second-order valence-electron chi connectivity index (χ2n) is 8.73. The number of carboxylic acids is 2. The predicted molar refractivity (Wildman–Crippen MR) is 137 cm³/mol. The van der Waals surface area contributed by atoms with Crippen LogP contribution in [0.2, 0.25) is 0 Å². The first kappa shape index (κ1) is 31.4. The van der Waals surface area contributed by atoms with Gasteiger partial charge in [-0.05, 0) is 22.1 Å². The fraction of sp³-hybridized carbons (Fsp3) is 0.476. The summed E-state index contributed by atoms with van der Waals surface area (Å²) in [6.45, 7) is 2.49. The summed E-state index contributed by atoms with van der Waals surface area (Å²) in [5.74, 6) is -4.75. The quantitative estimate of drug-likeness (QED) is 0.137. The number of nitrogens with one attached hydrogen (secondary N) is 2. The normalized spacial score (nSPS) is 11.1. The van der Waals surface area contributed by atoms with Gasteiger partial charge in [-0.3, -0.25) is 19.2 Å². The predicted octanol–water partition coefficient (Wildman–Crippen LogP) is 0.836. The van der Waals surface area contributed by atoms with Crippen molar-refractivity contribution in [2.75, 3.05) is 0 Å². The van der Waals surface area contributed by atoms with E-state index >= 15 is 0 Å². The molecule has 0 radical (unpaired) electrons. The van der Waals surface area contributed by atoms with Crippen LogP contribution < -0.4 is 10.6 Å². The summed E-state index contributed by atoms with van der Waals surface area (Å²) in [7, 11) is 0. The monoisotopic (exact) mass is 582 g/mol. The molecule has 2 aromatic rings. The van der Waals surface area contributed by atoms with E-state index in [1.165, 1.54) is 23.0 Å². The number of thiocarbonyl (C=S) groups is 1. The van der Waals surface area contributed by atoms with Gasteiger partial charge in [-0.15, -0.1) is 0 Å². The van der Waals surface area contributed by atoms with Gasteiger partial charge in [0.2, 0.25) is 11.8 Å². The molecular weight excluding hydrogens is 556 g/mol. The Morgan fingerprint density at radius 3 is 1.75 bits per heavy atom. The first-order valence-electron chi connectivity index (χ1n) is 11.6. The van der Waals surface area contributed by atoms with Crippen molar-refractivity contribution in [1.29, 1.82) is 0 Å². The molecule has 2 rings (SSSR count). The number of nitro groups is 2. The number of hydrogen-bond donors (Lipinski definition) is 4. The zero-order valence-corrected chi connectivity index (χ0v) is 22.2. The van der Waals surface area contributed by atoms with Crippen molar-refractivity contribution in [3.8, 4) is 0 Å². The van der Waals surface area contributed by atoms with Crippen LogP contribution in [0.3, 0.4) is 0 Å². The summed E-state index contributed by atoms with van der Waals surface area (Å²) in [6.07, 6.45) is -0.264. The van der Waals surface area contributed by atoms with E-state index in [2.05, 4.69) is 20.6 Å². The Morgan fingerprint density at radius 2 is 1.35 bits per heavy atom. The van der Waals surface area contributed by atoms with Crippen LogP contribution in [-0.4, -0.2) is 68.0 Å².